The molecule has 0 spiro atoms. The molecule has 37 heavy (non-hydrogen) atoms. The minimum atomic E-state index is 0.0345. The van der Waals surface area contributed by atoms with Crippen molar-refractivity contribution in [1.82, 2.24) is 19.7 Å². The van der Waals surface area contributed by atoms with Crippen LogP contribution in [0.1, 0.15) is 43.4 Å². The molecule has 6 aromatic rings. The molecule has 0 aliphatic carbocycles. The SMILES string of the molecule is Cc1noc(C)c1-c1ccc2c(c1)ncc1nc(-c3ccccc3)n(Cc3ccccc3C(C)(C)C)c12. The predicted octanol–water partition coefficient (Wildman–Crippen LogP) is 7.87. The number of hydrogen-bond acceptors (Lipinski definition) is 4. The van der Waals surface area contributed by atoms with Crippen LogP contribution in [-0.2, 0) is 12.0 Å². The highest BCUT2D eigenvalue weighted by Gasteiger charge is 2.21. The van der Waals surface area contributed by atoms with E-state index in [1.54, 1.807) is 0 Å². The Labute approximate surface area is 216 Å². The van der Waals surface area contributed by atoms with Crippen LogP contribution < -0.4 is 0 Å². The van der Waals surface area contributed by atoms with Crippen molar-refractivity contribution in [3.8, 4) is 22.5 Å². The first kappa shape index (κ1) is 23.2. The van der Waals surface area contributed by atoms with Crippen molar-refractivity contribution in [2.24, 2.45) is 0 Å². The number of rotatable bonds is 4. The molecular formula is C32H30N4O. The number of pyridine rings is 1. The van der Waals surface area contributed by atoms with E-state index < -0.39 is 0 Å². The number of hydrogen-bond donors (Lipinski definition) is 0. The highest BCUT2D eigenvalue weighted by molar-refractivity contribution is 6.04. The number of imidazole rings is 1. The van der Waals surface area contributed by atoms with Crippen LogP contribution in [0, 0.1) is 13.8 Å². The van der Waals surface area contributed by atoms with E-state index >= 15 is 0 Å². The molecule has 3 aromatic heterocycles. The van der Waals surface area contributed by atoms with E-state index in [1.807, 2.05) is 26.1 Å². The molecular weight excluding hydrogens is 456 g/mol. The lowest BCUT2D eigenvalue weighted by Gasteiger charge is -2.24. The first-order valence-corrected chi connectivity index (χ1v) is 12.7. The minimum absolute atomic E-state index is 0.0345. The smallest absolute Gasteiger partial charge is 0.141 e. The zero-order valence-corrected chi connectivity index (χ0v) is 21.9. The van der Waals surface area contributed by atoms with Gasteiger partial charge in [-0.15, -0.1) is 0 Å². The zero-order chi connectivity index (χ0) is 25.7. The lowest BCUT2D eigenvalue weighted by atomic mass is 9.84. The summed E-state index contributed by atoms with van der Waals surface area (Å²) >= 11 is 0. The van der Waals surface area contributed by atoms with E-state index in [4.69, 9.17) is 14.5 Å². The Hall–Kier alpha value is -4.25. The van der Waals surface area contributed by atoms with Gasteiger partial charge in [0.05, 0.1) is 22.9 Å². The van der Waals surface area contributed by atoms with Gasteiger partial charge in [-0.1, -0.05) is 92.7 Å². The summed E-state index contributed by atoms with van der Waals surface area (Å²) in [4.78, 5) is 9.92. The topological polar surface area (TPSA) is 56.7 Å². The summed E-state index contributed by atoms with van der Waals surface area (Å²) < 4.78 is 7.78. The third kappa shape index (κ3) is 4.01. The second-order valence-corrected chi connectivity index (χ2v) is 10.7. The standard InChI is InChI=1S/C32H30N4O/c1-20-29(21(2)37-35-20)23-15-16-25-27(17-23)33-18-28-30(25)36(31(34-28)22-11-7-6-8-12-22)19-24-13-9-10-14-26(24)32(3,4)5/h6-18H,19H2,1-5H3. The van der Waals surface area contributed by atoms with Gasteiger partial charge in [-0.2, -0.15) is 0 Å². The van der Waals surface area contributed by atoms with Gasteiger partial charge in [0, 0.05) is 23.1 Å². The molecule has 0 fully saturated rings. The summed E-state index contributed by atoms with van der Waals surface area (Å²) in [7, 11) is 0. The fraction of sp³-hybridized carbons (Fsp3) is 0.219. The Morgan fingerprint density at radius 1 is 0.838 bits per heavy atom. The summed E-state index contributed by atoms with van der Waals surface area (Å²) in [6.07, 6.45) is 1.90. The molecule has 0 N–H and O–H groups in total. The molecule has 0 bridgehead atoms. The molecule has 0 aliphatic heterocycles. The average molecular weight is 487 g/mol. The van der Waals surface area contributed by atoms with Crippen molar-refractivity contribution in [3.05, 3.63) is 102 Å². The van der Waals surface area contributed by atoms with Gasteiger partial charge in [-0.25, -0.2) is 4.98 Å². The fourth-order valence-electron chi connectivity index (χ4n) is 5.39. The molecule has 0 radical (unpaired) electrons. The van der Waals surface area contributed by atoms with Crippen molar-refractivity contribution in [2.75, 3.05) is 0 Å². The van der Waals surface area contributed by atoms with Crippen molar-refractivity contribution in [3.63, 3.8) is 0 Å². The fourth-order valence-corrected chi connectivity index (χ4v) is 5.39. The van der Waals surface area contributed by atoms with Gasteiger partial charge in [0.15, 0.2) is 0 Å². The van der Waals surface area contributed by atoms with E-state index in [-0.39, 0.29) is 5.41 Å². The van der Waals surface area contributed by atoms with Gasteiger partial charge in [0.2, 0.25) is 0 Å². The molecule has 0 amide bonds. The molecule has 0 atom stereocenters. The molecule has 5 nitrogen and oxygen atoms in total. The Morgan fingerprint density at radius 3 is 2.32 bits per heavy atom. The van der Waals surface area contributed by atoms with Crippen LogP contribution in [0.25, 0.3) is 44.5 Å². The van der Waals surface area contributed by atoms with Gasteiger partial charge in [-0.3, -0.25) is 4.98 Å². The van der Waals surface area contributed by atoms with E-state index in [1.165, 1.54) is 11.1 Å². The van der Waals surface area contributed by atoms with E-state index in [0.29, 0.717) is 0 Å². The number of nitrogens with zero attached hydrogens (tertiary/aromatic N) is 4. The molecule has 184 valence electrons. The van der Waals surface area contributed by atoms with E-state index in [0.717, 1.165) is 62.5 Å². The molecule has 5 heteroatoms. The second kappa shape index (κ2) is 8.70. The highest BCUT2D eigenvalue weighted by Crippen LogP contribution is 2.35. The first-order valence-electron chi connectivity index (χ1n) is 12.7. The second-order valence-electron chi connectivity index (χ2n) is 10.7. The molecule has 6 rings (SSSR count). The minimum Gasteiger partial charge on any atom is -0.361 e. The number of aryl methyl sites for hydroxylation is 2. The molecule has 0 saturated heterocycles. The average Bonchev–Trinajstić information content (AvgIpc) is 3.43. The van der Waals surface area contributed by atoms with Crippen LogP contribution in [0.2, 0.25) is 0 Å². The van der Waals surface area contributed by atoms with Crippen LogP contribution in [-0.4, -0.2) is 19.7 Å². The van der Waals surface area contributed by atoms with Crippen LogP contribution in [0.5, 0.6) is 0 Å². The van der Waals surface area contributed by atoms with Crippen LogP contribution in [0.4, 0.5) is 0 Å². The van der Waals surface area contributed by atoms with Gasteiger partial charge in [0.1, 0.15) is 17.1 Å². The van der Waals surface area contributed by atoms with Crippen LogP contribution in [0.3, 0.4) is 0 Å². The largest absolute Gasteiger partial charge is 0.361 e. The Balaban J connectivity index is 1.61. The summed E-state index contributed by atoms with van der Waals surface area (Å²) in [5, 5.41) is 5.22. The highest BCUT2D eigenvalue weighted by atomic mass is 16.5. The predicted molar refractivity (Wildman–Crippen MR) is 150 cm³/mol. The van der Waals surface area contributed by atoms with E-state index in [9.17, 15) is 0 Å². The zero-order valence-electron chi connectivity index (χ0n) is 21.9. The van der Waals surface area contributed by atoms with Crippen molar-refractivity contribution >= 4 is 21.9 Å². The summed E-state index contributed by atoms with van der Waals surface area (Å²) in [6.45, 7) is 11.5. The summed E-state index contributed by atoms with van der Waals surface area (Å²) in [5.41, 5.74) is 9.65. The Bertz CT molecular complexity index is 1730. The van der Waals surface area contributed by atoms with Gasteiger partial charge < -0.3 is 9.09 Å². The van der Waals surface area contributed by atoms with Gasteiger partial charge in [0.25, 0.3) is 0 Å². The number of benzene rings is 3. The van der Waals surface area contributed by atoms with Crippen molar-refractivity contribution in [1.29, 1.82) is 0 Å². The quantitative estimate of drug-likeness (QED) is 0.254. The molecule has 0 aliphatic rings. The van der Waals surface area contributed by atoms with Gasteiger partial charge >= 0.3 is 0 Å². The van der Waals surface area contributed by atoms with E-state index in [2.05, 4.69) is 97.2 Å². The molecule has 3 aromatic carbocycles. The number of aromatic nitrogens is 4. The maximum Gasteiger partial charge on any atom is 0.141 e. The number of fused-ring (bicyclic) bond motifs is 3. The third-order valence-electron chi connectivity index (χ3n) is 7.08. The molecule has 0 saturated carbocycles. The van der Waals surface area contributed by atoms with Crippen LogP contribution in [0.15, 0.2) is 83.5 Å². The normalized spacial score (nSPS) is 12.0. The van der Waals surface area contributed by atoms with Crippen LogP contribution >= 0.6 is 0 Å². The Morgan fingerprint density at radius 2 is 1.59 bits per heavy atom. The van der Waals surface area contributed by atoms with Crippen molar-refractivity contribution < 1.29 is 4.52 Å². The third-order valence-corrected chi connectivity index (χ3v) is 7.08. The summed E-state index contributed by atoms with van der Waals surface area (Å²) in [5.74, 6) is 1.76. The lowest BCUT2D eigenvalue weighted by Crippen LogP contribution is -2.16. The molecule has 3 heterocycles. The first-order chi connectivity index (χ1) is 17.8. The Kier molecular flexibility index (Phi) is 5.45. The molecule has 0 unspecified atom stereocenters. The monoisotopic (exact) mass is 486 g/mol. The lowest BCUT2D eigenvalue weighted by molar-refractivity contribution is 0.393. The maximum atomic E-state index is 5.42. The van der Waals surface area contributed by atoms with Crippen molar-refractivity contribution in [2.45, 2.75) is 46.6 Å². The van der Waals surface area contributed by atoms with Gasteiger partial charge in [-0.05, 0) is 42.0 Å². The maximum absolute atomic E-state index is 5.42. The summed E-state index contributed by atoms with van der Waals surface area (Å²) in [6, 6.07) is 25.6.